The molecule has 0 N–H and O–H groups in total. The standard InChI is InChI=1S/C12H21BrO/c1-9-2-7-12(14-8-9)10-3-5-11(13)6-4-10/h9-12H,2-8H2,1H3. The third-order valence-electron chi connectivity index (χ3n) is 3.77. The van der Waals surface area contributed by atoms with Gasteiger partial charge in [-0.15, -0.1) is 0 Å². The fourth-order valence-corrected chi connectivity index (χ4v) is 3.25. The molecule has 0 aromatic carbocycles. The van der Waals surface area contributed by atoms with Crippen molar-refractivity contribution >= 4 is 15.9 Å². The van der Waals surface area contributed by atoms with E-state index in [1.54, 1.807) is 0 Å². The topological polar surface area (TPSA) is 9.23 Å². The van der Waals surface area contributed by atoms with Crippen LogP contribution in [0.5, 0.6) is 0 Å². The second-order valence-corrected chi connectivity index (χ2v) is 6.36. The maximum Gasteiger partial charge on any atom is 0.0603 e. The molecule has 1 heterocycles. The van der Waals surface area contributed by atoms with E-state index in [0.29, 0.717) is 6.10 Å². The molecule has 2 fully saturated rings. The molecule has 0 bridgehead atoms. The van der Waals surface area contributed by atoms with E-state index >= 15 is 0 Å². The zero-order valence-corrected chi connectivity index (χ0v) is 10.6. The third-order valence-corrected chi connectivity index (χ3v) is 4.68. The SMILES string of the molecule is CC1CCC(C2CCC(Br)CC2)OC1. The number of halogens is 1. The molecule has 0 aromatic heterocycles. The Morgan fingerprint density at radius 3 is 2.29 bits per heavy atom. The molecule has 0 spiro atoms. The molecular formula is C12H21BrO. The van der Waals surface area contributed by atoms with Crippen LogP contribution in [-0.2, 0) is 4.74 Å². The summed E-state index contributed by atoms with van der Waals surface area (Å²) in [5.74, 6) is 1.65. The van der Waals surface area contributed by atoms with Gasteiger partial charge in [0.1, 0.15) is 0 Å². The van der Waals surface area contributed by atoms with E-state index in [0.717, 1.165) is 23.3 Å². The number of ether oxygens (including phenoxy) is 1. The van der Waals surface area contributed by atoms with Crippen molar-refractivity contribution in [2.45, 2.75) is 56.4 Å². The Kier molecular flexibility index (Phi) is 3.89. The molecule has 2 rings (SSSR count). The summed E-state index contributed by atoms with van der Waals surface area (Å²) in [6.07, 6.45) is 8.70. The average Bonchev–Trinajstić information content (AvgIpc) is 2.21. The molecule has 1 aliphatic heterocycles. The van der Waals surface area contributed by atoms with Gasteiger partial charge in [-0.1, -0.05) is 22.9 Å². The van der Waals surface area contributed by atoms with Gasteiger partial charge in [-0.3, -0.25) is 0 Å². The third kappa shape index (κ3) is 2.73. The minimum atomic E-state index is 0.589. The van der Waals surface area contributed by atoms with E-state index in [-0.39, 0.29) is 0 Å². The van der Waals surface area contributed by atoms with Crippen LogP contribution >= 0.6 is 15.9 Å². The highest BCUT2D eigenvalue weighted by Crippen LogP contribution is 2.35. The number of alkyl halides is 1. The van der Waals surface area contributed by atoms with Gasteiger partial charge in [0.05, 0.1) is 6.10 Å². The molecule has 1 aliphatic carbocycles. The maximum atomic E-state index is 5.95. The molecule has 14 heavy (non-hydrogen) atoms. The van der Waals surface area contributed by atoms with Gasteiger partial charge in [0.2, 0.25) is 0 Å². The second-order valence-electron chi connectivity index (χ2n) is 5.07. The molecule has 0 aromatic rings. The van der Waals surface area contributed by atoms with Crippen LogP contribution in [0.15, 0.2) is 0 Å². The lowest BCUT2D eigenvalue weighted by Crippen LogP contribution is -2.33. The normalized spacial score (nSPS) is 45.0. The lowest BCUT2D eigenvalue weighted by atomic mass is 9.82. The van der Waals surface area contributed by atoms with Gasteiger partial charge in [-0.05, 0) is 50.4 Å². The monoisotopic (exact) mass is 260 g/mol. The van der Waals surface area contributed by atoms with Crippen molar-refractivity contribution in [3.63, 3.8) is 0 Å². The van der Waals surface area contributed by atoms with Gasteiger partial charge in [-0.2, -0.15) is 0 Å². The largest absolute Gasteiger partial charge is 0.378 e. The second kappa shape index (κ2) is 4.98. The lowest BCUT2D eigenvalue weighted by Gasteiger charge is -2.36. The summed E-state index contributed by atoms with van der Waals surface area (Å²) in [4.78, 5) is 0.779. The van der Waals surface area contributed by atoms with Crippen LogP contribution in [0.1, 0.15) is 45.4 Å². The van der Waals surface area contributed by atoms with Crippen molar-refractivity contribution in [1.82, 2.24) is 0 Å². The number of hydrogen-bond acceptors (Lipinski definition) is 1. The van der Waals surface area contributed by atoms with Crippen molar-refractivity contribution in [1.29, 1.82) is 0 Å². The fraction of sp³-hybridized carbons (Fsp3) is 1.00. The molecule has 2 atom stereocenters. The minimum Gasteiger partial charge on any atom is -0.378 e. The van der Waals surface area contributed by atoms with Gasteiger partial charge in [0.15, 0.2) is 0 Å². The Morgan fingerprint density at radius 2 is 1.71 bits per heavy atom. The quantitative estimate of drug-likeness (QED) is 0.653. The highest BCUT2D eigenvalue weighted by atomic mass is 79.9. The van der Waals surface area contributed by atoms with E-state index in [1.807, 2.05) is 0 Å². The average molecular weight is 261 g/mol. The molecule has 1 saturated heterocycles. The van der Waals surface area contributed by atoms with E-state index in [1.165, 1.54) is 38.5 Å². The highest BCUT2D eigenvalue weighted by molar-refractivity contribution is 9.09. The van der Waals surface area contributed by atoms with Crippen molar-refractivity contribution < 1.29 is 4.74 Å². The maximum absolute atomic E-state index is 5.95. The smallest absolute Gasteiger partial charge is 0.0603 e. The summed E-state index contributed by atoms with van der Waals surface area (Å²) in [5, 5.41) is 0. The van der Waals surface area contributed by atoms with E-state index in [9.17, 15) is 0 Å². The van der Waals surface area contributed by atoms with E-state index in [2.05, 4.69) is 22.9 Å². The Bertz CT molecular complexity index is 147. The zero-order chi connectivity index (χ0) is 9.97. The predicted octanol–water partition coefficient (Wildman–Crippen LogP) is 3.76. The minimum absolute atomic E-state index is 0.589. The first kappa shape index (κ1) is 10.9. The van der Waals surface area contributed by atoms with Gasteiger partial charge in [0.25, 0.3) is 0 Å². The van der Waals surface area contributed by atoms with E-state index in [4.69, 9.17) is 4.74 Å². The Labute approximate surface area is 95.7 Å². The zero-order valence-electron chi connectivity index (χ0n) is 9.05. The Balaban J connectivity index is 1.78. The van der Waals surface area contributed by atoms with Gasteiger partial charge < -0.3 is 4.74 Å². The molecule has 0 amide bonds. The fourth-order valence-electron chi connectivity index (χ4n) is 2.73. The molecule has 2 unspecified atom stereocenters. The summed E-state index contributed by atoms with van der Waals surface area (Å²) in [7, 11) is 0. The predicted molar refractivity (Wildman–Crippen MR) is 62.8 cm³/mol. The van der Waals surface area contributed by atoms with Crippen LogP contribution in [0.4, 0.5) is 0 Å². The molecule has 2 heteroatoms. The van der Waals surface area contributed by atoms with E-state index < -0.39 is 0 Å². The summed E-state index contributed by atoms with van der Waals surface area (Å²) in [6.45, 7) is 3.30. The van der Waals surface area contributed by atoms with Crippen LogP contribution in [0.25, 0.3) is 0 Å². The lowest BCUT2D eigenvalue weighted by molar-refractivity contribution is -0.0508. The molecule has 82 valence electrons. The Hall–Kier alpha value is 0.440. The first-order chi connectivity index (χ1) is 6.75. The molecule has 0 radical (unpaired) electrons. The van der Waals surface area contributed by atoms with Crippen molar-refractivity contribution in [2.75, 3.05) is 6.61 Å². The summed E-state index contributed by atoms with van der Waals surface area (Å²) in [5.41, 5.74) is 0. The van der Waals surface area contributed by atoms with Crippen LogP contribution in [0, 0.1) is 11.8 Å². The molecule has 2 aliphatic rings. The van der Waals surface area contributed by atoms with Crippen molar-refractivity contribution in [3.05, 3.63) is 0 Å². The number of hydrogen-bond donors (Lipinski definition) is 0. The molecule has 1 nitrogen and oxygen atoms in total. The summed E-state index contributed by atoms with van der Waals surface area (Å²) < 4.78 is 5.95. The molecule has 1 saturated carbocycles. The van der Waals surface area contributed by atoms with Gasteiger partial charge in [0, 0.05) is 11.4 Å². The highest BCUT2D eigenvalue weighted by Gasteiger charge is 2.29. The van der Waals surface area contributed by atoms with Crippen LogP contribution < -0.4 is 0 Å². The van der Waals surface area contributed by atoms with Crippen LogP contribution in [0.2, 0.25) is 0 Å². The molecular weight excluding hydrogens is 240 g/mol. The number of rotatable bonds is 1. The summed E-state index contributed by atoms with van der Waals surface area (Å²) >= 11 is 3.71. The van der Waals surface area contributed by atoms with Crippen molar-refractivity contribution in [2.24, 2.45) is 11.8 Å². The van der Waals surface area contributed by atoms with Gasteiger partial charge in [-0.25, -0.2) is 0 Å². The van der Waals surface area contributed by atoms with Crippen molar-refractivity contribution in [3.8, 4) is 0 Å². The first-order valence-corrected chi connectivity index (χ1v) is 6.93. The van der Waals surface area contributed by atoms with Gasteiger partial charge >= 0.3 is 0 Å². The summed E-state index contributed by atoms with van der Waals surface area (Å²) in [6, 6.07) is 0. The first-order valence-electron chi connectivity index (χ1n) is 6.01. The van der Waals surface area contributed by atoms with Crippen LogP contribution in [-0.4, -0.2) is 17.5 Å². The van der Waals surface area contributed by atoms with Crippen LogP contribution in [0.3, 0.4) is 0 Å². The Morgan fingerprint density at radius 1 is 1.00 bits per heavy atom.